The summed E-state index contributed by atoms with van der Waals surface area (Å²) in [5.41, 5.74) is 0.772. The van der Waals surface area contributed by atoms with Crippen molar-refractivity contribution in [2.75, 3.05) is 11.9 Å². The third-order valence-corrected chi connectivity index (χ3v) is 4.11. The molecule has 0 saturated carbocycles. The molecule has 3 N–H and O–H groups in total. The summed E-state index contributed by atoms with van der Waals surface area (Å²) in [6.07, 6.45) is 0. The predicted octanol–water partition coefficient (Wildman–Crippen LogP) is 1.88. The van der Waals surface area contributed by atoms with Crippen LogP contribution in [0.3, 0.4) is 0 Å². The van der Waals surface area contributed by atoms with Gasteiger partial charge in [0.1, 0.15) is 5.75 Å². The van der Waals surface area contributed by atoms with Crippen LogP contribution in [0.15, 0.2) is 47.4 Å². The van der Waals surface area contributed by atoms with Gasteiger partial charge in [-0.15, -0.1) is 0 Å². The molecule has 9 heteroatoms. The highest BCUT2D eigenvalue weighted by molar-refractivity contribution is 7.89. The van der Waals surface area contributed by atoms with E-state index in [0.29, 0.717) is 11.3 Å². The highest BCUT2D eigenvalue weighted by atomic mass is 35.5. The zero-order valence-corrected chi connectivity index (χ0v) is 13.8. The van der Waals surface area contributed by atoms with Crippen molar-refractivity contribution in [3.8, 4) is 11.8 Å². The summed E-state index contributed by atoms with van der Waals surface area (Å²) in [5, 5.41) is 16.5. The van der Waals surface area contributed by atoms with Crippen LogP contribution >= 0.6 is 11.6 Å². The van der Waals surface area contributed by atoms with Gasteiger partial charge in [-0.1, -0.05) is 11.6 Å². The van der Waals surface area contributed by atoms with Gasteiger partial charge in [0.15, 0.2) is 6.61 Å². The number of benzene rings is 2. The number of hydrogen-bond acceptors (Lipinski definition) is 5. The molecule has 0 fully saturated rings. The van der Waals surface area contributed by atoms with E-state index in [4.69, 9.17) is 26.7 Å². The molecular formula is C15H12ClN3O4S. The van der Waals surface area contributed by atoms with Crippen LogP contribution in [0.2, 0.25) is 5.02 Å². The number of sulfonamides is 1. The third-order valence-electron chi connectivity index (χ3n) is 2.89. The quantitative estimate of drug-likeness (QED) is 0.837. The summed E-state index contributed by atoms with van der Waals surface area (Å²) in [7, 11) is -3.78. The Morgan fingerprint density at radius 2 is 1.92 bits per heavy atom. The summed E-state index contributed by atoms with van der Waals surface area (Å²) in [6, 6.07) is 11.8. The number of nitrogens with two attached hydrogens (primary N) is 1. The van der Waals surface area contributed by atoms with Crippen molar-refractivity contribution in [2.24, 2.45) is 5.14 Å². The molecule has 0 unspecified atom stereocenters. The van der Waals surface area contributed by atoms with Crippen molar-refractivity contribution in [3.05, 3.63) is 53.1 Å². The number of carbonyl (C=O) groups is 1. The Hall–Kier alpha value is -2.60. The van der Waals surface area contributed by atoms with E-state index in [1.165, 1.54) is 42.5 Å². The largest absolute Gasteiger partial charge is 0.482 e. The number of rotatable bonds is 5. The normalized spacial score (nSPS) is 10.7. The fraction of sp³-hybridized carbons (Fsp3) is 0.0667. The van der Waals surface area contributed by atoms with Gasteiger partial charge in [0.25, 0.3) is 5.91 Å². The number of nitrogens with one attached hydrogen (secondary N) is 1. The summed E-state index contributed by atoms with van der Waals surface area (Å²) < 4.78 is 27.6. The van der Waals surface area contributed by atoms with E-state index in [-0.39, 0.29) is 22.3 Å². The topological polar surface area (TPSA) is 122 Å². The number of ether oxygens (including phenoxy) is 1. The van der Waals surface area contributed by atoms with Gasteiger partial charge < -0.3 is 10.1 Å². The number of carbonyl (C=O) groups excluding carboxylic acids is 1. The van der Waals surface area contributed by atoms with Gasteiger partial charge in [0.05, 0.1) is 21.6 Å². The van der Waals surface area contributed by atoms with Crippen LogP contribution in [0.5, 0.6) is 5.75 Å². The first-order valence-corrected chi connectivity index (χ1v) is 8.47. The van der Waals surface area contributed by atoms with E-state index < -0.39 is 15.9 Å². The maximum atomic E-state index is 11.8. The molecule has 124 valence electrons. The summed E-state index contributed by atoms with van der Waals surface area (Å²) >= 11 is 5.94. The minimum atomic E-state index is -3.78. The zero-order valence-electron chi connectivity index (χ0n) is 12.2. The predicted molar refractivity (Wildman–Crippen MR) is 88.1 cm³/mol. The van der Waals surface area contributed by atoms with Crippen molar-refractivity contribution in [3.63, 3.8) is 0 Å². The van der Waals surface area contributed by atoms with Gasteiger partial charge in [-0.25, -0.2) is 13.6 Å². The van der Waals surface area contributed by atoms with E-state index in [0.717, 1.165) is 0 Å². The number of hydrogen-bond donors (Lipinski definition) is 2. The van der Waals surface area contributed by atoms with Crippen LogP contribution in [0, 0.1) is 11.3 Å². The number of nitrogens with zero attached hydrogens (tertiary/aromatic N) is 1. The Balaban J connectivity index is 1.95. The first-order valence-electron chi connectivity index (χ1n) is 6.55. The molecule has 2 rings (SSSR count). The molecule has 0 aliphatic rings. The van der Waals surface area contributed by atoms with Crippen LogP contribution in [-0.4, -0.2) is 20.9 Å². The Morgan fingerprint density at radius 3 is 2.46 bits per heavy atom. The molecule has 2 aromatic rings. The molecule has 0 aliphatic heterocycles. The van der Waals surface area contributed by atoms with Crippen LogP contribution in [-0.2, 0) is 14.8 Å². The Bertz CT molecular complexity index is 905. The number of primary sulfonamides is 1. The lowest BCUT2D eigenvalue weighted by Crippen LogP contribution is -2.20. The molecule has 24 heavy (non-hydrogen) atoms. The monoisotopic (exact) mass is 365 g/mol. The molecule has 0 heterocycles. The van der Waals surface area contributed by atoms with E-state index in [9.17, 15) is 13.2 Å². The van der Waals surface area contributed by atoms with E-state index in [1.54, 1.807) is 0 Å². The lowest BCUT2D eigenvalue weighted by Gasteiger charge is -2.09. The van der Waals surface area contributed by atoms with Gasteiger partial charge in [0.2, 0.25) is 10.0 Å². The van der Waals surface area contributed by atoms with Crippen LogP contribution in [0.25, 0.3) is 0 Å². The highest BCUT2D eigenvalue weighted by Gasteiger charge is 2.09. The van der Waals surface area contributed by atoms with E-state index in [1.807, 2.05) is 6.07 Å². The second kappa shape index (κ2) is 7.31. The molecule has 7 nitrogen and oxygen atoms in total. The summed E-state index contributed by atoms with van der Waals surface area (Å²) in [5.74, 6) is -0.186. The third kappa shape index (κ3) is 4.70. The Kier molecular flexibility index (Phi) is 5.41. The van der Waals surface area contributed by atoms with Crippen molar-refractivity contribution >= 4 is 33.2 Å². The number of halogens is 1. The van der Waals surface area contributed by atoms with Gasteiger partial charge >= 0.3 is 0 Å². The van der Waals surface area contributed by atoms with Crippen molar-refractivity contribution in [1.29, 1.82) is 5.26 Å². The smallest absolute Gasteiger partial charge is 0.262 e. The molecule has 0 spiro atoms. The second-order valence-electron chi connectivity index (χ2n) is 4.66. The molecule has 0 bridgehead atoms. The van der Waals surface area contributed by atoms with Gasteiger partial charge in [0, 0.05) is 5.69 Å². The van der Waals surface area contributed by atoms with Crippen molar-refractivity contribution < 1.29 is 17.9 Å². The molecular weight excluding hydrogens is 354 g/mol. The number of nitriles is 1. The zero-order chi connectivity index (χ0) is 17.7. The average molecular weight is 366 g/mol. The number of anilines is 1. The SMILES string of the molecule is N#Cc1ccc(OCC(=O)Nc2ccc(S(N)(=O)=O)cc2)c(Cl)c1. The molecule has 1 amide bonds. The molecule has 0 atom stereocenters. The molecule has 0 aromatic heterocycles. The average Bonchev–Trinajstić information content (AvgIpc) is 2.53. The Labute approximate surface area is 143 Å². The number of amides is 1. The minimum absolute atomic E-state index is 0.0545. The van der Waals surface area contributed by atoms with Gasteiger partial charge in [-0.05, 0) is 42.5 Å². The Morgan fingerprint density at radius 1 is 1.25 bits per heavy atom. The minimum Gasteiger partial charge on any atom is -0.482 e. The van der Waals surface area contributed by atoms with E-state index >= 15 is 0 Å². The van der Waals surface area contributed by atoms with Crippen molar-refractivity contribution in [1.82, 2.24) is 0 Å². The van der Waals surface area contributed by atoms with Crippen LogP contribution < -0.4 is 15.2 Å². The lowest BCUT2D eigenvalue weighted by molar-refractivity contribution is -0.118. The fourth-order valence-corrected chi connectivity index (χ4v) is 2.51. The molecule has 2 aromatic carbocycles. The van der Waals surface area contributed by atoms with Crippen molar-refractivity contribution in [2.45, 2.75) is 4.90 Å². The van der Waals surface area contributed by atoms with Gasteiger partial charge in [-0.2, -0.15) is 5.26 Å². The fourth-order valence-electron chi connectivity index (χ4n) is 1.76. The summed E-state index contributed by atoms with van der Waals surface area (Å²) in [6.45, 7) is -0.303. The molecule has 0 saturated heterocycles. The van der Waals surface area contributed by atoms with E-state index in [2.05, 4.69) is 5.32 Å². The maximum absolute atomic E-state index is 11.8. The second-order valence-corrected chi connectivity index (χ2v) is 6.63. The highest BCUT2D eigenvalue weighted by Crippen LogP contribution is 2.25. The summed E-state index contributed by atoms with van der Waals surface area (Å²) in [4.78, 5) is 11.8. The maximum Gasteiger partial charge on any atom is 0.262 e. The first-order chi connectivity index (χ1) is 11.3. The first kappa shape index (κ1) is 17.7. The van der Waals surface area contributed by atoms with Crippen LogP contribution in [0.1, 0.15) is 5.56 Å². The lowest BCUT2D eigenvalue weighted by atomic mass is 10.2. The molecule has 0 radical (unpaired) electrons. The molecule has 0 aliphatic carbocycles. The standard InChI is InChI=1S/C15H12ClN3O4S/c16-13-7-10(8-17)1-6-14(13)23-9-15(20)19-11-2-4-12(5-3-11)24(18,21)22/h1-7H,9H2,(H,19,20)(H2,18,21,22). The van der Waals surface area contributed by atoms with Crippen LogP contribution in [0.4, 0.5) is 5.69 Å². The van der Waals surface area contributed by atoms with Gasteiger partial charge in [-0.3, -0.25) is 4.79 Å².